The van der Waals surface area contributed by atoms with Crippen LogP contribution in [0.5, 0.6) is 0 Å². The number of nitrogens with one attached hydrogen (secondary N) is 2. The summed E-state index contributed by atoms with van der Waals surface area (Å²) in [5.74, 6) is -0.135. The smallest absolute Gasteiger partial charge is 0.225 e. The van der Waals surface area contributed by atoms with Crippen molar-refractivity contribution >= 4 is 29.1 Å². The summed E-state index contributed by atoms with van der Waals surface area (Å²) in [6.07, 6.45) is 3.57. The van der Waals surface area contributed by atoms with E-state index in [1.165, 1.54) is 0 Å². The average molecular weight is 298 g/mol. The van der Waals surface area contributed by atoms with Crippen molar-refractivity contribution in [1.29, 1.82) is 0 Å². The minimum atomic E-state index is -0.135. The lowest BCUT2D eigenvalue weighted by atomic mass is 10.1. The van der Waals surface area contributed by atoms with Crippen LogP contribution in [0.2, 0.25) is 10.0 Å². The van der Waals surface area contributed by atoms with Gasteiger partial charge in [-0.25, -0.2) is 0 Å². The molecule has 1 aromatic carbocycles. The maximum Gasteiger partial charge on any atom is 0.225 e. The SMILES string of the molecule is CC(NC(=O)Cc1c(Cl)cccc1Cl)c1cn[nH]c1. The van der Waals surface area contributed by atoms with Crippen molar-refractivity contribution in [2.24, 2.45) is 0 Å². The fraction of sp³-hybridized carbons (Fsp3) is 0.231. The predicted octanol–water partition coefficient (Wildman–Crippen LogP) is 3.14. The standard InChI is InChI=1S/C13H13Cl2N3O/c1-8(9-6-16-17-7-9)18-13(19)5-10-11(14)3-2-4-12(10)15/h2-4,6-8H,5H2,1H3,(H,16,17)(H,18,19). The predicted molar refractivity (Wildman–Crippen MR) is 75.3 cm³/mol. The van der Waals surface area contributed by atoms with Gasteiger partial charge in [0.15, 0.2) is 0 Å². The Morgan fingerprint density at radius 1 is 1.42 bits per heavy atom. The Morgan fingerprint density at radius 3 is 2.68 bits per heavy atom. The van der Waals surface area contributed by atoms with Gasteiger partial charge in [-0.3, -0.25) is 9.89 Å². The number of nitrogens with zero attached hydrogens (tertiary/aromatic N) is 1. The van der Waals surface area contributed by atoms with E-state index in [1.807, 2.05) is 6.92 Å². The molecule has 0 aliphatic carbocycles. The van der Waals surface area contributed by atoms with E-state index in [2.05, 4.69) is 15.5 Å². The zero-order chi connectivity index (χ0) is 13.8. The second kappa shape index (κ2) is 6.08. The van der Waals surface area contributed by atoms with Crippen molar-refractivity contribution < 1.29 is 4.79 Å². The Labute approximate surface area is 121 Å². The first-order chi connectivity index (χ1) is 9.08. The summed E-state index contributed by atoms with van der Waals surface area (Å²) < 4.78 is 0. The minimum Gasteiger partial charge on any atom is -0.349 e. The molecule has 0 radical (unpaired) electrons. The number of aromatic nitrogens is 2. The van der Waals surface area contributed by atoms with E-state index in [4.69, 9.17) is 23.2 Å². The van der Waals surface area contributed by atoms with E-state index < -0.39 is 0 Å². The topological polar surface area (TPSA) is 57.8 Å². The lowest BCUT2D eigenvalue weighted by molar-refractivity contribution is -0.121. The largest absolute Gasteiger partial charge is 0.349 e. The number of amides is 1. The quantitative estimate of drug-likeness (QED) is 0.911. The summed E-state index contributed by atoms with van der Waals surface area (Å²) in [5.41, 5.74) is 1.56. The van der Waals surface area contributed by atoms with Crippen molar-refractivity contribution in [2.75, 3.05) is 0 Å². The third-order valence-electron chi connectivity index (χ3n) is 2.80. The van der Waals surface area contributed by atoms with Crippen LogP contribution in [0.15, 0.2) is 30.6 Å². The lowest BCUT2D eigenvalue weighted by Crippen LogP contribution is -2.28. The van der Waals surface area contributed by atoms with Crippen molar-refractivity contribution in [1.82, 2.24) is 15.5 Å². The van der Waals surface area contributed by atoms with Crippen LogP contribution in [0.25, 0.3) is 0 Å². The molecule has 1 heterocycles. The number of benzene rings is 1. The van der Waals surface area contributed by atoms with Gasteiger partial charge in [-0.2, -0.15) is 5.10 Å². The Bertz CT molecular complexity index is 549. The van der Waals surface area contributed by atoms with Crippen LogP contribution in [0.1, 0.15) is 24.1 Å². The first-order valence-corrected chi connectivity index (χ1v) is 6.54. The van der Waals surface area contributed by atoms with Crippen LogP contribution in [0.4, 0.5) is 0 Å². The van der Waals surface area contributed by atoms with E-state index >= 15 is 0 Å². The maximum atomic E-state index is 12.0. The second-order valence-electron chi connectivity index (χ2n) is 4.20. The average Bonchev–Trinajstić information content (AvgIpc) is 2.88. The molecule has 0 aliphatic heterocycles. The summed E-state index contributed by atoms with van der Waals surface area (Å²) in [7, 11) is 0. The normalized spacial score (nSPS) is 12.2. The van der Waals surface area contributed by atoms with Crippen LogP contribution < -0.4 is 5.32 Å². The molecule has 0 bridgehead atoms. The molecule has 1 unspecified atom stereocenters. The van der Waals surface area contributed by atoms with Crippen LogP contribution in [0.3, 0.4) is 0 Å². The highest BCUT2D eigenvalue weighted by molar-refractivity contribution is 6.36. The molecule has 6 heteroatoms. The van der Waals surface area contributed by atoms with Crippen molar-refractivity contribution in [3.63, 3.8) is 0 Å². The number of carbonyl (C=O) groups is 1. The highest BCUT2D eigenvalue weighted by Crippen LogP contribution is 2.24. The molecule has 4 nitrogen and oxygen atoms in total. The van der Waals surface area contributed by atoms with E-state index in [0.29, 0.717) is 15.6 Å². The van der Waals surface area contributed by atoms with Crippen molar-refractivity contribution in [3.8, 4) is 0 Å². The Hall–Kier alpha value is -1.52. The number of H-pyrrole nitrogens is 1. The van der Waals surface area contributed by atoms with Gasteiger partial charge >= 0.3 is 0 Å². The number of rotatable bonds is 4. The van der Waals surface area contributed by atoms with Crippen LogP contribution >= 0.6 is 23.2 Å². The third kappa shape index (κ3) is 3.49. The van der Waals surface area contributed by atoms with Gasteiger partial charge in [-0.15, -0.1) is 0 Å². The molecule has 2 N–H and O–H groups in total. The number of aromatic amines is 1. The number of carbonyl (C=O) groups excluding carboxylic acids is 1. The van der Waals surface area contributed by atoms with Gasteiger partial charge in [0.1, 0.15) is 0 Å². The summed E-state index contributed by atoms with van der Waals surface area (Å²) in [5, 5.41) is 10.4. The molecule has 1 amide bonds. The van der Waals surface area contributed by atoms with Crippen molar-refractivity contribution in [2.45, 2.75) is 19.4 Å². The van der Waals surface area contributed by atoms with E-state index in [0.717, 1.165) is 5.56 Å². The summed E-state index contributed by atoms with van der Waals surface area (Å²) in [6.45, 7) is 1.89. The van der Waals surface area contributed by atoms with Crippen LogP contribution in [-0.4, -0.2) is 16.1 Å². The second-order valence-corrected chi connectivity index (χ2v) is 5.01. The number of halogens is 2. The van der Waals surface area contributed by atoms with Crippen LogP contribution in [0, 0.1) is 0 Å². The number of hydrogen-bond acceptors (Lipinski definition) is 2. The van der Waals surface area contributed by atoms with Gasteiger partial charge < -0.3 is 5.32 Å². The fourth-order valence-corrected chi connectivity index (χ4v) is 2.27. The van der Waals surface area contributed by atoms with Gasteiger partial charge in [0, 0.05) is 21.8 Å². The summed E-state index contributed by atoms with van der Waals surface area (Å²) in [4.78, 5) is 12.0. The third-order valence-corrected chi connectivity index (χ3v) is 3.50. The van der Waals surface area contributed by atoms with Gasteiger partial charge in [-0.05, 0) is 24.6 Å². The molecule has 0 aliphatic rings. The van der Waals surface area contributed by atoms with Gasteiger partial charge in [0.05, 0.1) is 18.7 Å². The molecule has 1 atom stereocenters. The number of hydrogen-bond donors (Lipinski definition) is 2. The maximum absolute atomic E-state index is 12.0. The highest BCUT2D eigenvalue weighted by Gasteiger charge is 2.14. The highest BCUT2D eigenvalue weighted by atomic mass is 35.5. The molecule has 2 aromatic rings. The molecule has 1 aromatic heterocycles. The molecule has 2 rings (SSSR count). The zero-order valence-corrected chi connectivity index (χ0v) is 11.8. The minimum absolute atomic E-state index is 0.118. The first-order valence-electron chi connectivity index (χ1n) is 5.79. The molecule has 19 heavy (non-hydrogen) atoms. The molecular formula is C13H13Cl2N3O. The summed E-state index contributed by atoms with van der Waals surface area (Å²) in [6, 6.07) is 5.07. The van der Waals surface area contributed by atoms with Crippen molar-refractivity contribution in [3.05, 3.63) is 51.8 Å². The molecule has 0 saturated heterocycles. The Balaban J connectivity index is 2.02. The van der Waals surface area contributed by atoms with Crippen LogP contribution in [-0.2, 0) is 11.2 Å². The van der Waals surface area contributed by atoms with Gasteiger partial charge in [-0.1, -0.05) is 29.3 Å². The Kier molecular flexibility index (Phi) is 4.45. The van der Waals surface area contributed by atoms with Gasteiger partial charge in [0.2, 0.25) is 5.91 Å². The molecule has 100 valence electrons. The lowest BCUT2D eigenvalue weighted by Gasteiger charge is -2.13. The fourth-order valence-electron chi connectivity index (χ4n) is 1.74. The molecule has 0 saturated carbocycles. The zero-order valence-electron chi connectivity index (χ0n) is 10.3. The molecule has 0 fully saturated rings. The summed E-state index contributed by atoms with van der Waals surface area (Å²) >= 11 is 12.1. The van der Waals surface area contributed by atoms with E-state index in [-0.39, 0.29) is 18.4 Å². The van der Waals surface area contributed by atoms with Gasteiger partial charge in [0.25, 0.3) is 0 Å². The van der Waals surface area contributed by atoms with E-state index in [1.54, 1.807) is 30.6 Å². The first kappa shape index (κ1) is 13.9. The van der Waals surface area contributed by atoms with E-state index in [9.17, 15) is 4.79 Å². The monoisotopic (exact) mass is 297 g/mol. The Morgan fingerprint density at radius 2 is 2.11 bits per heavy atom. The molecule has 0 spiro atoms. The molecular weight excluding hydrogens is 285 g/mol.